The molecule has 2 amide bonds. The maximum Gasteiger partial charge on any atom is 0.304 e. The van der Waals surface area contributed by atoms with Crippen LogP contribution < -0.4 is 5.32 Å². The number of carboxylic acids is 1. The number of hydrogen-bond donors (Lipinski definition) is 2. The van der Waals surface area contributed by atoms with E-state index in [-0.39, 0.29) is 24.8 Å². The van der Waals surface area contributed by atoms with E-state index < -0.39 is 11.4 Å². The number of fused-ring (bicyclic) bond motifs is 1. The summed E-state index contributed by atoms with van der Waals surface area (Å²) in [7, 11) is 1.84. The molecule has 200 valence electrons. The zero-order chi connectivity index (χ0) is 26.7. The molecule has 1 aliphatic carbocycles. The largest absolute Gasteiger partial charge is 0.481 e. The lowest BCUT2D eigenvalue weighted by Gasteiger charge is -2.31. The van der Waals surface area contributed by atoms with Crippen LogP contribution in [0.15, 0.2) is 42.0 Å². The summed E-state index contributed by atoms with van der Waals surface area (Å²) in [6.45, 7) is 3.99. The summed E-state index contributed by atoms with van der Waals surface area (Å²) >= 11 is 1.45. The number of carbonyl (C=O) groups is 3. The summed E-state index contributed by atoms with van der Waals surface area (Å²) in [6.07, 6.45) is 5.29. The highest BCUT2D eigenvalue weighted by Gasteiger charge is 2.45. The maximum absolute atomic E-state index is 13.2. The first-order valence-electron chi connectivity index (χ1n) is 12.8. The highest BCUT2D eigenvalue weighted by Crippen LogP contribution is 2.40. The van der Waals surface area contributed by atoms with E-state index in [2.05, 4.69) is 20.3 Å². The van der Waals surface area contributed by atoms with Crippen LogP contribution in [0, 0.1) is 5.41 Å². The SMILES string of the molecule is CN1CCN(CCCn2cc(-c3csc(CNC(=O)C4(CC(=O)O)Cc5ccccc5C4)n3)cn2)CC1=O. The van der Waals surface area contributed by atoms with Gasteiger partial charge in [-0.15, -0.1) is 11.3 Å². The first-order valence-corrected chi connectivity index (χ1v) is 13.7. The number of thiazole rings is 1. The quantitative estimate of drug-likeness (QED) is 0.407. The highest BCUT2D eigenvalue weighted by molar-refractivity contribution is 7.09. The van der Waals surface area contributed by atoms with Gasteiger partial charge in [-0.25, -0.2) is 4.98 Å². The van der Waals surface area contributed by atoms with Crippen LogP contribution in [0.4, 0.5) is 0 Å². The molecule has 0 saturated carbocycles. The van der Waals surface area contributed by atoms with Crippen LogP contribution in [0.5, 0.6) is 0 Å². The summed E-state index contributed by atoms with van der Waals surface area (Å²) in [5.74, 6) is -1.06. The number of carbonyl (C=O) groups excluding carboxylic acids is 2. The lowest BCUT2D eigenvalue weighted by Crippen LogP contribution is -2.48. The lowest BCUT2D eigenvalue weighted by atomic mass is 9.80. The molecular formula is C27H32N6O4S. The smallest absolute Gasteiger partial charge is 0.304 e. The van der Waals surface area contributed by atoms with Crippen molar-refractivity contribution in [2.24, 2.45) is 5.41 Å². The van der Waals surface area contributed by atoms with Gasteiger partial charge in [0.1, 0.15) is 5.01 Å². The molecule has 1 aromatic carbocycles. The number of piperazine rings is 1. The third-order valence-corrected chi connectivity index (χ3v) is 8.27. The summed E-state index contributed by atoms with van der Waals surface area (Å²) in [5, 5.41) is 19.6. The normalized spacial score (nSPS) is 17.0. The average molecular weight is 537 g/mol. The van der Waals surface area contributed by atoms with E-state index in [0.29, 0.717) is 19.4 Å². The third kappa shape index (κ3) is 5.78. The Balaban J connectivity index is 1.14. The molecule has 0 atom stereocenters. The fraction of sp³-hybridized carbons (Fsp3) is 0.444. The van der Waals surface area contributed by atoms with Crippen molar-refractivity contribution in [2.45, 2.75) is 38.8 Å². The molecule has 1 saturated heterocycles. The summed E-state index contributed by atoms with van der Waals surface area (Å²) in [6, 6.07) is 7.77. The van der Waals surface area contributed by atoms with E-state index in [1.165, 1.54) is 11.3 Å². The molecule has 0 spiro atoms. The molecule has 0 unspecified atom stereocenters. The van der Waals surface area contributed by atoms with E-state index in [1.54, 1.807) is 11.1 Å². The van der Waals surface area contributed by atoms with Crippen molar-refractivity contribution in [3.63, 3.8) is 0 Å². The predicted octanol–water partition coefficient (Wildman–Crippen LogP) is 2.05. The van der Waals surface area contributed by atoms with E-state index >= 15 is 0 Å². The second-order valence-electron chi connectivity index (χ2n) is 10.2. The van der Waals surface area contributed by atoms with E-state index in [0.717, 1.165) is 60.0 Å². The van der Waals surface area contributed by atoms with E-state index in [9.17, 15) is 19.5 Å². The van der Waals surface area contributed by atoms with Gasteiger partial charge in [-0.1, -0.05) is 24.3 Å². The van der Waals surface area contributed by atoms with Crippen molar-refractivity contribution in [3.05, 3.63) is 58.2 Å². The zero-order valence-corrected chi connectivity index (χ0v) is 22.2. The predicted molar refractivity (Wildman–Crippen MR) is 142 cm³/mol. The molecule has 10 nitrogen and oxygen atoms in total. The van der Waals surface area contributed by atoms with E-state index in [4.69, 9.17) is 0 Å². The van der Waals surface area contributed by atoms with Crippen molar-refractivity contribution < 1.29 is 19.5 Å². The molecule has 0 radical (unpaired) electrons. The van der Waals surface area contributed by atoms with Crippen LogP contribution in [-0.4, -0.2) is 80.7 Å². The summed E-state index contributed by atoms with van der Waals surface area (Å²) in [5.41, 5.74) is 2.79. The van der Waals surface area contributed by atoms with Crippen LogP contribution >= 0.6 is 11.3 Å². The Kier molecular flexibility index (Phi) is 7.57. The molecule has 1 fully saturated rings. The molecule has 2 N–H and O–H groups in total. The Hall–Kier alpha value is -3.57. The lowest BCUT2D eigenvalue weighted by molar-refractivity contribution is -0.145. The summed E-state index contributed by atoms with van der Waals surface area (Å²) < 4.78 is 1.89. The minimum absolute atomic E-state index is 0.165. The molecule has 0 bridgehead atoms. The number of aromatic nitrogens is 3. The van der Waals surface area contributed by atoms with Crippen molar-refractivity contribution >= 4 is 29.1 Å². The van der Waals surface area contributed by atoms with Gasteiger partial charge in [-0.05, 0) is 30.4 Å². The standard InChI is InChI=1S/C27H32N6O4S/c1-31-9-10-32(17-24(31)34)7-4-8-33-16-21(14-29-33)22-18-38-23(30-22)15-28-26(37)27(13-25(35)36)11-19-5-2-3-6-20(19)12-27/h2-3,5-6,14,16,18H,4,7-13,15,17H2,1H3,(H,28,37)(H,35,36). The Morgan fingerprint density at radius 1 is 1.16 bits per heavy atom. The number of nitrogens with zero attached hydrogens (tertiary/aromatic N) is 5. The number of benzene rings is 1. The Bertz CT molecular complexity index is 1310. The van der Waals surface area contributed by atoms with Crippen molar-refractivity contribution in [1.82, 2.24) is 29.9 Å². The maximum atomic E-state index is 13.2. The highest BCUT2D eigenvalue weighted by atomic mass is 32.1. The monoisotopic (exact) mass is 536 g/mol. The second-order valence-corrected chi connectivity index (χ2v) is 11.2. The third-order valence-electron chi connectivity index (χ3n) is 7.43. The van der Waals surface area contributed by atoms with Gasteiger partial charge in [-0.2, -0.15) is 5.10 Å². The molecular weight excluding hydrogens is 504 g/mol. The van der Waals surface area contributed by atoms with Gasteiger partial charge < -0.3 is 15.3 Å². The number of amides is 2. The van der Waals surface area contributed by atoms with Gasteiger partial charge >= 0.3 is 5.97 Å². The zero-order valence-electron chi connectivity index (χ0n) is 21.4. The van der Waals surface area contributed by atoms with Crippen LogP contribution in [0.2, 0.25) is 0 Å². The molecule has 3 heterocycles. The molecule has 2 aliphatic rings. The van der Waals surface area contributed by atoms with Crippen LogP contribution in [0.1, 0.15) is 29.0 Å². The Labute approximate surface area is 225 Å². The number of carboxylic acid groups (broad SMARTS) is 1. The molecule has 2 aromatic heterocycles. The first-order chi connectivity index (χ1) is 18.3. The van der Waals surface area contributed by atoms with E-state index in [1.807, 2.05) is 47.6 Å². The number of aryl methyl sites for hydroxylation is 1. The Morgan fingerprint density at radius 3 is 2.63 bits per heavy atom. The average Bonchev–Trinajstić information content (AvgIpc) is 3.62. The van der Waals surface area contributed by atoms with Crippen molar-refractivity contribution in [1.29, 1.82) is 0 Å². The number of hydrogen-bond acceptors (Lipinski definition) is 7. The van der Waals surface area contributed by atoms with Gasteiger partial charge in [0.2, 0.25) is 11.8 Å². The summed E-state index contributed by atoms with van der Waals surface area (Å²) in [4.78, 5) is 45.3. The fourth-order valence-corrected chi connectivity index (χ4v) is 6.03. The second kappa shape index (κ2) is 11.0. The van der Waals surface area contributed by atoms with Crippen LogP contribution in [-0.2, 0) is 40.3 Å². The molecule has 5 rings (SSSR count). The number of aliphatic carboxylic acids is 1. The van der Waals surface area contributed by atoms with Gasteiger partial charge in [0.25, 0.3) is 0 Å². The molecule has 3 aromatic rings. The van der Waals surface area contributed by atoms with Crippen LogP contribution in [0.25, 0.3) is 11.3 Å². The number of rotatable bonds is 10. The topological polar surface area (TPSA) is 121 Å². The fourth-order valence-electron chi connectivity index (χ4n) is 5.29. The van der Waals surface area contributed by atoms with Gasteiger partial charge in [0, 0.05) is 50.4 Å². The van der Waals surface area contributed by atoms with Gasteiger partial charge in [-0.3, -0.25) is 24.0 Å². The molecule has 1 aliphatic heterocycles. The number of likely N-dealkylation sites (N-methyl/N-ethyl adjacent to an activating group) is 1. The van der Waals surface area contributed by atoms with Crippen molar-refractivity contribution in [3.8, 4) is 11.3 Å². The van der Waals surface area contributed by atoms with Crippen LogP contribution in [0.3, 0.4) is 0 Å². The first kappa shape index (κ1) is 26.1. The van der Waals surface area contributed by atoms with Gasteiger partial charge in [0.05, 0.1) is 36.8 Å². The molecule has 38 heavy (non-hydrogen) atoms. The minimum Gasteiger partial charge on any atom is -0.481 e. The molecule has 11 heteroatoms. The minimum atomic E-state index is -0.978. The van der Waals surface area contributed by atoms with Gasteiger partial charge in [0.15, 0.2) is 0 Å². The Morgan fingerprint density at radius 2 is 1.92 bits per heavy atom. The van der Waals surface area contributed by atoms with Crippen molar-refractivity contribution in [2.75, 3.05) is 33.2 Å². The number of nitrogens with one attached hydrogen (secondary N) is 1.